The molecule has 0 spiro atoms. The van der Waals surface area contributed by atoms with E-state index in [0.717, 1.165) is 6.42 Å². The van der Waals surface area contributed by atoms with Crippen LogP contribution in [0.25, 0.3) is 0 Å². The van der Waals surface area contributed by atoms with E-state index in [-0.39, 0.29) is 5.92 Å². The molecular weight excluding hydrogens is 222 g/mol. The number of ether oxygens (including phenoxy) is 1. The Kier molecular flexibility index (Phi) is 4.47. The van der Waals surface area contributed by atoms with Crippen molar-refractivity contribution in [2.24, 2.45) is 5.92 Å². The Labute approximate surface area is 92.6 Å². The van der Waals surface area contributed by atoms with Gasteiger partial charge in [0.05, 0.1) is 6.61 Å². The van der Waals surface area contributed by atoms with E-state index >= 15 is 0 Å². The zero-order valence-electron chi connectivity index (χ0n) is 7.93. The van der Waals surface area contributed by atoms with Gasteiger partial charge in [-0.3, -0.25) is 0 Å². The van der Waals surface area contributed by atoms with E-state index in [1.54, 1.807) is 0 Å². The van der Waals surface area contributed by atoms with Crippen LogP contribution in [0.3, 0.4) is 0 Å². The van der Waals surface area contributed by atoms with Gasteiger partial charge in [0.2, 0.25) is 4.38 Å². The second-order valence-corrected chi connectivity index (χ2v) is 4.56. The van der Waals surface area contributed by atoms with Gasteiger partial charge >= 0.3 is 6.09 Å². The SMILES string of the molecule is CSC(=S)OC[C@H]1CCN(C(=O)O)C1. The van der Waals surface area contributed by atoms with Crippen molar-refractivity contribution >= 4 is 34.5 Å². The highest BCUT2D eigenvalue weighted by molar-refractivity contribution is 8.22. The van der Waals surface area contributed by atoms with Crippen molar-refractivity contribution in [2.45, 2.75) is 6.42 Å². The molecule has 1 amide bonds. The molecule has 0 radical (unpaired) electrons. The number of amides is 1. The minimum Gasteiger partial charge on any atom is -0.478 e. The quantitative estimate of drug-likeness (QED) is 0.738. The van der Waals surface area contributed by atoms with Crippen LogP contribution in [0.5, 0.6) is 0 Å². The van der Waals surface area contributed by atoms with E-state index in [4.69, 9.17) is 22.1 Å². The first-order valence-electron chi connectivity index (χ1n) is 4.32. The van der Waals surface area contributed by atoms with Crippen LogP contribution in [0.2, 0.25) is 0 Å². The summed E-state index contributed by atoms with van der Waals surface area (Å²) in [5, 5.41) is 8.71. The van der Waals surface area contributed by atoms with Crippen LogP contribution in [0.1, 0.15) is 6.42 Å². The highest BCUT2D eigenvalue weighted by atomic mass is 32.2. The zero-order valence-corrected chi connectivity index (χ0v) is 9.57. The fourth-order valence-corrected chi connectivity index (χ4v) is 1.64. The van der Waals surface area contributed by atoms with E-state index in [2.05, 4.69) is 0 Å². The second kappa shape index (κ2) is 5.41. The number of thioether (sulfide) groups is 1. The molecule has 1 N–H and O–H groups in total. The lowest BCUT2D eigenvalue weighted by Crippen LogP contribution is -2.27. The third-order valence-corrected chi connectivity index (χ3v) is 3.23. The zero-order chi connectivity index (χ0) is 10.6. The number of hydrogen-bond donors (Lipinski definition) is 1. The van der Waals surface area contributed by atoms with E-state index in [1.807, 2.05) is 6.26 Å². The summed E-state index contributed by atoms with van der Waals surface area (Å²) in [7, 11) is 0. The summed E-state index contributed by atoms with van der Waals surface area (Å²) in [6.07, 6.45) is 1.88. The fourth-order valence-electron chi connectivity index (χ4n) is 1.39. The van der Waals surface area contributed by atoms with Crippen molar-refractivity contribution in [1.82, 2.24) is 4.90 Å². The number of nitrogens with zero attached hydrogens (tertiary/aromatic N) is 1. The molecule has 1 heterocycles. The first-order valence-corrected chi connectivity index (χ1v) is 5.95. The molecule has 1 fully saturated rings. The van der Waals surface area contributed by atoms with Crippen molar-refractivity contribution in [3.05, 3.63) is 0 Å². The van der Waals surface area contributed by atoms with Gasteiger partial charge in [-0.1, -0.05) is 11.8 Å². The minimum absolute atomic E-state index is 0.288. The smallest absolute Gasteiger partial charge is 0.407 e. The average molecular weight is 235 g/mol. The molecule has 4 nitrogen and oxygen atoms in total. The summed E-state index contributed by atoms with van der Waals surface area (Å²) in [6, 6.07) is 0. The third kappa shape index (κ3) is 3.34. The Hall–Kier alpha value is -0.490. The van der Waals surface area contributed by atoms with Gasteiger partial charge in [-0.15, -0.1) is 0 Å². The fraction of sp³-hybridized carbons (Fsp3) is 0.750. The first-order chi connectivity index (χ1) is 6.63. The first kappa shape index (κ1) is 11.6. The maximum absolute atomic E-state index is 10.6. The van der Waals surface area contributed by atoms with Crippen LogP contribution in [-0.2, 0) is 4.74 Å². The molecule has 0 aliphatic carbocycles. The van der Waals surface area contributed by atoms with Crippen LogP contribution in [-0.4, -0.2) is 46.4 Å². The topological polar surface area (TPSA) is 49.8 Å². The Bertz CT molecular complexity index is 235. The number of carbonyl (C=O) groups is 1. The number of hydrogen-bond acceptors (Lipinski definition) is 4. The molecule has 0 aromatic heterocycles. The number of likely N-dealkylation sites (tertiary alicyclic amines) is 1. The molecule has 0 aromatic carbocycles. The van der Waals surface area contributed by atoms with Gasteiger partial charge in [0.15, 0.2) is 0 Å². The Morgan fingerprint density at radius 2 is 2.50 bits per heavy atom. The highest BCUT2D eigenvalue weighted by Gasteiger charge is 2.26. The van der Waals surface area contributed by atoms with Crippen LogP contribution < -0.4 is 0 Å². The summed E-state index contributed by atoms with van der Waals surface area (Å²) in [6.45, 7) is 1.70. The molecule has 1 aliphatic heterocycles. The largest absolute Gasteiger partial charge is 0.478 e. The molecule has 1 rings (SSSR count). The summed E-state index contributed by atoms with van der Waals surface area (Å²) in [5.41, 5.74) is 0. The molecular formula is C8H13NO3S2. The van der Waals surface area contributed by atoms with Gasteiger partial charge in [-0.2, -0.15) is 0 Å². The third-order valence-electron chi connectivity index (χ3n) is 2.16. The molecule has 14 heavy (non-hydrogen) atoms. The second-order valence-electron chi connectivity index (χ2n) is 3.15. The van der Waals surface area contributed by atoms with Gasteiger partial charge in [-0.05, 0) is 24.9 Å². The summed E-state index contributed by atoms with van der Waals surface area (Å²) >= 11 is 6.28. The summed E-state index contributed by atoms with van der Waals surface area (Å²) < 4.78 is 5.80. The molecule has 0 saturated carbocycles. The maximum Gasteiger partial charge on any atom is 0.407 e. The van der Waals surface area contributed by atoms with Gasteiger partial charge in [0.1, 0.15) is 0 Å². The van der Waals surface area contributed by atoms with Crippen molar-refractivity contribution in [3.8, 4) is 0 Å². The molecule has 1 atom stereocenters. The average Bonchev–Trinajstić information content (AvgIpc) is 2.62. The summed E-state index contributed by atoms with van der Waals surface area (Å²) in [5.74, 6) is 0.288. The lowest BCUT2D eigenvalue weighted by Gasteiger charge is -2.12. The highest BCUT2D eigenvalue weighted by Crippen LogP contribution is 2.17. The lowest BCUT2D eigenvalue weighted by molar-refractivity contribution is 0.151. The maximum atomic E-state index is 10.6. The molecule has 6 heteroatoms. The van der Waals surface area contributed by atoms with Crippen LogP contribution in [0.4, 0.5) is 4.79 Å². The Morgan fingerprint density at radius 3 is 3.00 bits per heavy atom. The monoisotopic (exact) mass is 235 g/mol. The predicted molar refractivity (Wildman–Crippen MR) is 59.8 cm³/mol. The molecule has 0 bridgehead atoms. The lowest BCUT2D eigenvalue weighted by atomic mass is 10.1. The van der Waals surface area contributed by atoms with Crippen LogP contribution in [0, 0.1) is 5.92 Å². The van der Waals surface area contributed by atoms with E-state index in [1.165, 1.54) is 16.7 Å². The van der Waals surface area contributed by atoms with Crippen molar-refractivity contribution in [2.75, 3.05) is 26.0 Å². The van der Waals surface area contributed by atoms with Crippen molar-refractivity contribution < 1.29 is 14.6 Å². The van der Waals surface area contributed by atoms with Gasteiger partial charge in [-0.25, -0.2) is 4.79 Å². The molecule has 0 unspecified atom stereocenters. The van der Waals surface area contributed by atoms with Crippen LogP contribution >= 0.6 is 24.0 Å². The Balaban J connectivity index is 2.22. The van der Waals surface area contributed by atoms with E-state index in [9.17, 15) is 4.79 Å². The molecule has 0 aromatic rings. The molecule has 80 valence electrons. The minimum atomic E-state index is -0.847. The van der Waals surface area contributed by atoms with E-state index < -0.39 is 6.09 Å². The number of thiocarbonyl (C=S) groups is 1. The number of rotatable bonds is 2. The summed E-state index contributed by atoms with van der Waals surface area (Å²) in [4.78, 5) is 12.0. The van der Waals surface area contributed by atoms with Crippen molar-refractivity contribution in [1.29, 1.82) is 0 Å². The van der Waals surface area contributed by atoms with Crippen molar-refractivity contribution in [3.63, 3.8) is 0 Å². The van der Waals surface area contributed by atoms with Gasteiger partial charge < -0.3 is 14.7 Å². The number of carboxylic acid groups (broad SMARTS) is 1. The van der Waals surface area contributed by atoms with Crippen LogP contribution in [0.15, 0.2) is 0 Å². The normalized spacial score (nSPS) is 20.9. The molecule has 1 saturated heterocycles. The predicted octanol–water partition coefficient (Wildman–Crippen LogP) is 1.65. The van der Waals surface area contributed by atoms with Gasteiger partial charge in [0.25, 0.3) is 0 Å². The molecule has 1 aliphatic rings. The Morgan fingerprint density at radius 1 is 1.79 bits per heavy atom. The van der Waals surface area contributed by atoms with E-state index in [0.29, 0.717) is 24.1 Å². The van der Waals surface area contributed by atoms with Gasteiger partial charge in [0, 0.05) is 19.0 Å². The standard InChI is InChI=1S/C8H13NO3S2/c1-14-8(13)12-5-6-2-3-9(4-6)7(10)11/h6H,2-5H2,1H3,(H,10,11)/t6-/m0/s1.